The third-order valence-electron chi connectivity index (χ3n) is 3.68. The van der Waals surface area contributed by atoms with E-state index in [0.29, 0.717) is 56.7 Å². The van der Waals surface area contributed by atoms with Gasteiger partial charge in [0.2, 0.25) is 5.91 Å². The van der Waals surface area contributed by atoms with Crippen LogP contribution in [0.2, 0.25) is 0 Å². The van der Waals surface area contributed by atoms with Gasteiger partial charge in [-0.2, -0.15) is 5.10 Å². The molecule has 0 spiro atoms. The van der Waals surface area contributed by atoms with Gasteiger partial charge in [0.25, 0.3) is 0 Å². The highest BCUT2D eigenvalue weighted by molar-refractivity contribution is 7.99. The van der Waals surface area contributed by atoms with Gasteiger partial charge in [-0.05, 0) is 19.1 Å². The van der Waals surface area contributed by atoms with Gasteiger partial charge in [0.15, 0.2) is 10.8 Å². The molecule has 150 valence electrons. The molecule has 2 aromatic heterocycles. The second kappa shape index (κ2) is 12.0. The summed E-state index contributed by atoms with van der Waals surface area (Å²) in [5, 5.41) is 12.2. The number of thioether (sulfide) groups is 1. The Hall–Kier alpha value is -1.58. The average Bonchev–Trinajstić information content (AvgIpc) is 3.07. The van der Waals surface area contributed by atoms with Crippen LogP contribution in [0, 0.1) is 0 Å². The number of ether oxygens (including phenoxy) is 1. The molecule has 2 heterocycles. The van der Waals surface area contributed by atoms with Crippen molar-refractivity contribution in [1.29, 1.82) is 0 Å². The fourth-order valence-electron chi connectivity index (χ4n) is 2.43. The Kier molecular flexibility index (Phi) is 9.65. The summed E-state index contributed by atoms with van der Waals surface area (Å²) >= 11 is 7.19. The van der Waals surface area contributed by atoms with Crippen LogP contribution in [0.1, 0.15) is 26.7 Å². The molecular weight excluding hydrogens is 388 g/mol. The minimum atomic E-state index is 0.00208. The van der Waals surface area contributed by atoms with Gasteiger partial charge in [-0.3, -0.25) is 4.79 Å². The molecule has 2 aromatic rings. The van der Waals surface area contributed by atoms with Gasteiger partial charge in [0, 0.05) is 32.0 Å². The van der Waals surface area contributed by atoms with Crippen LogP contribution in [-0.4, -0.2) is 63.6 Å². The maximum Gasteiger partial charge on any atom is 0.220 e. The van der Waals surface area contributed by atoms with E-state index in [0.717, 1.165) is 22.6 Å². The quantitative estimate of drug-likeness (QED) is 0.225. The number of halogens is 1. The molecule has 2 N–H and O–H groups in total. The van der Waals surface area contributed by atoms with Crippen LogP contribution < -0.4 is 10.6 Å². The lowest BCUT2D eigenvalue weighted by Crippen LogP contribution is -2.27. The average molecular weight is 415 g/mol. The zero-order valence-electron chi connectivity index (χ0n) is 15.8. The van der Waals surface area contributed by atoms with E-state index in [1.807, 2.05) is 6.92 Å². The summed E-state index contributed by atoms with van der Waals surface area (Å²) in [6.45, 7) is 7.03. The number of alkyl halides is 1. The summed E-state index contributed by atoms with van der Waals surface area (Å²) in [6, 6.07) is 0. The van der Waals surface area contributed by atoms with E-state index in [4.69, 9.17) is 16.3 Å². The first-order valence-electron chi connectivity index (χ1n) is 9.20. The monoisotopic (exact) mass is 414 g/mol. The number of anilines is 1. The number of fused-ring (bicyclic) bond motifs is 1. The highest BCUT2D eigenvalue weighted by Gasteiger charge is 2.13. The molecule has 0 unspecified atom stereocenters. The first-order valence-corrected chi connectivity index (χ1v) is 10.7. The predicted molar refractivity (Wildman–Crippen MR) is 110 cm³/mol. The molecule has 0 aliphatic rings. The summed E-state index contributed by atoms with van der Waals surface area (Å²) in [6.07, 6.45) is 2.88. The molecule has 0 saturated carbocycles. The maximum atomic E-state index is 11.7. The second-order valence-electron chi connectivity index (χ2n) is 5.66. The molecule has 0 atom stereocenters. The van der Waals surface area contributed by atoms with E-state index in [1.54, 1.807) is 22.6 Å². The molecule has 1 amide bonds. The zero-order chi connectivity index (χ0) is 19.5. The first kappa shape index (κ1) is 21.7. The Labute approximate surface area is 168 Å². The molecule has 0 fully saturated rings. The van der Waals surface area contributed by atoms with Gasteiger partial charge < -0.3 is 15.4 Å². The smallest absolute Gasteiger partial charge is 0.220 e. The predicted octanol–water partition coefficient (Wildman–Crippen LogP) is 2.52. The number of hydrogen-bond acceptors (Lipinski definition) is 7. The molecule has 2 rings (SSSR count). The molecule has 0 aromatic carbocycles. The van der Waals surface area contributed by atoms with E-state index in [9.17, 15) is 4.79 Å². The third-order valence-corrected chi connectivity index (χ3v) is 4.67. The fraction of sp³-hybridized carbons (Fsp3) is 0.647. The van der Waals surface area contributed by atoms with Gasteiger partial charge >= 0.3 is 0 Å². The summed E-state index contributed by atoms with van der Waals surface area (Å²) < 4.78 is 7.17. The van der Waals surface area contributed by atoms with E-state index < -0.39 is 0 Å². The first-order chi connectivity index (χ1) is 13.2. The Morgan fingerprint density at radius 1 is 1.33 bits per heavy atom. The standard InChI is InChI=1S/C17H27ClN6O2S/c1-3-26-11-9-20-15-13-12-21-24(10-8-19-14(25)6-5-7-18)16(13)23-17(22-15)27-4-2/h12H,3-11H2,1-2H3,(H,19,25)(H,20,22,23). The topological polar surface area (TPSA) is 94.0 Å². The van der Waals surface area contributed by atoms with Crippen molar-refractivity contribution in [1.82, 2.24) is 25.1 Å². The van der Waals surface area contributed by atoms with Gasteiger partial charge in [-0.25, -0.2) is 14.6 Å². The number of nitrogens with zero attached hydrogens (tertiary/aromatic N) is 4. The van der Waals surface area contributed by atoms with Crippen molar-refractivity contribution in [2.75, 3.05) is 43.3 Å². The van der Waals surface area contributed by atoms with Gasteiger partial charge in [-0.1, -0.05) is 18.7 Å². The van der Waals surface area contributed by atoms with Crippen molar-refractivity contribution in [3.8, 4) is 0 Å². The summed E-state index contributed by atoms with van der Waals surface area (Å²) in [5.74, 6) is 2.13. The van der Waals surface area contributed by atoms with Crippen LogP contribution in [0.25, 0.3) is 11.0 Å². The number of carbonyl (C=O) groups is 1. The minimum Gasteiger partial charge on any atom is -0.380 e. The lowest BCUT2D eigenvalue weighted by Gasteiger charge is -2.10. The maximum absolute atomic E-state index is 11.7. The number of rotatable bonds is 13. The number of carbonyl (C=O) groups excluding carboxylic acids is 1. The minimum absolute atomic E-state index is 0.00208. The van der Waals surface area contributed by atoms with Crippen molar-refractivity contribution in [2.45, 2.75) is 38.4 Å². The molecular formula is C17H27ClN6O2S. The van der Waals surface area contributed by atoms with Crippen LogP contribution >= 0.6 is 23.4 Å². The van der Waals surface area contributed by atoms with Crippen LogP contribution in [0.5, 0.6) is 0 Å². The largest absolute Gasteiger partial charge is 0.380 e. The molecule has 0 bridgehead atoms. The van der Waals surface area contributed by atoms with Crippen LogP contribution in [0.4, 0.5) is 5.82 Å². The molecule has 8 nitrogen and oxygen atoms in total. The second-order valence-corrected chi connectivity index (χ2v) is 7.27. The highest BCUT2D eigenvalue weighted by Crippen LogP contribution is 2.24. The van der Waals surface area contributed by atoms with Crippen LogP contribution in [0.15, 0.2) is 11.4 Å². The zero-order valence-corrected chi connectivity index (χ0v) is 17.4. The summed E-state index contributed by atoms with van der Waals surface area (Å²) in [4.78, 5) is 20.9. The molecule has 0 aliphatic heterocycles. The number of hydrogen-bond donors (Lipinski definition) is 2. The number of amides is 1. The fourth-order valence-corrected chi connectivity index (χ4v) is 3.13. The van der Waals surface area contributed by atoms with Crippen molar-refractivity contribution in [3.05, 3.63) is 6.20 Å². The lowest BCUT2D eigenvalue weighted by atomic mass is 10.3. The number of nitrogens with one attached hydrogen (secondary N) is 2. The Morgan fingerprint density at radius 3 is 2.93 bits per heavy atom. The Balaban J connectivity index is 2.08. The summed E-state index contributed by atoms with van der Waals surface area (Å²) in [7, 11) is 0. The Bertz CT molecular complexity index is 727. The van der Waals surface area contributed by atoms with E-state index in [1.165, 1.54) is 0 Å². The number of aromatic nitrogens is 4. The molecule has 10 heteroatoms. The molecule has 0 saturated heterocycles. The SMILES string of the molecule is CCOCCNc1nc(SCC)nc2c1cnn2CCNC(=O)CCCCl. The Morgan fingerprint density at radius 2 is 2.19 bits per heavy atom. The van der Waals surface area contributed by atoms with E-state index in [-0.39, 0.29) is 5.91 Å². The van der Waals surface area contributed by atoms with Crippen molar-refractivity contribution >= 4 is 46.1 Å². The lowest BCUT2D eigenvalue weighted by molar-refractivity contribution is -0.121. The molecule has 0 aliphatic carbocycles. The molecule has 0 radical (unpaired) electrons. The van der Waals surface area contributed by atoms with Crippen LogP contribution in [0.3, 0.4) is 0 Å². The van der Waals surface area contributed by atoms with E-state index >= 15 is 0 Å². The van der Waals surface area contributed by atoms with Crippen molar-refractivity contribution in [2.24, 2.45) is 0 Å². The van der Waals surface area contributed by atoms with Gasteiger partial charge in [0.05, 0.1) is 24.7 Å². The normalized spacial score (nSPS) is 11.1. The highest BCUT2D eigenvalue weighted by atomic mass is 35.5. The van der Waals surface area contributed by atoms with Gasteiger partial charge in [-0.15, -0.1) is 11.6 Å². The van der Waals surface area contributed by atoms with Crippen LogP contribution in [-0.2, 0) is 16.1 Å². The van der Waals surface area contributed by atoms with Crippen molar-refractivity contribution < 1.29 is 9.53 Å². The van der Waals surface area contributed by atoms with E-state index in [2.05, 4.69) is 32.6 Å². The molecule has 27 heavy (non-hydrogen) atoms. The summed E-state index contributed by atoms with van der Waals surface area (Å²) in [5.41, 5.74) is 0.759. The van der Waals surface area contributed by atoms with Gasteiger partial charge in [0.1, 0.15) is 5.82 Å². The third kappa shape index (κ3) is 6.82. The van der Waals surface area contributed by atoms with Crippen molar-refractivity contribution in [3.63, 3.8) is 0 Å².